The van der Waals surface area contributed by atoms with Gasteiger partial charge >= 0.3 is 0 Å². The van der Waals surface area contributed by atoms with Crippen LogP contribution in [0.2, 0.25) is 0 Å². The lowest BCUT2D eigenvalue weighted by Gasteiger charge is -2.28. The minimum absolute atomic E-state index is 0.0623. The lowest BCUT2D eigenvalue weighted by atomic mass is 10.1. The van der Waals surface area contributed by atoms with E-state index in [0.717, 1.165) is 38.4 Å². The molecule has 0 saturated carbocycles. The van der Waals surface area contributed by atoms with Gasteiger partial charge in [-0.1, -0.05) is 30.3 Å². The molecule has 3 rings (SSSR count). The van der Waals surface area contributed by atoms with Crippen molar-refractivity contribution >= 4 is 11.7 Å². The molecule has 25 heavy (non-hydrogen) atoms. The molecule has 0 aliphatic carbocycles. The van der Waals surface area contributed by atoms with Gasteiger partial charge in [-0.15, -0.1) is 0 Å². The fourth-order valence-electron chi connectivity index (χ4n) is 3.06. The van der Waals surface area contributed by atoms with E-state index in [4.69, 9.17) is 4.74 Å². The van der Waals surface area contributed by atoms with Crippen LogP contribution in [0, 0.1) is 0 Å². The second-order valence-electron chi connectivity index (χ2n) is 6.36. The molecule has 1 atom stereocenters. The van der Waals surface area contributed by atoms with E-state index in [9.17, 15) is 9.59 Å². The Bertz CT molecular complexity index is 721. The van der Waals surface area contributed by atoms with Crippen molar-refractivity contribution in [2.24, 2.45) is 0 Å². The molecule has 6 heteroatoms. The third-order valence-electron chi connectivity index (χ3n) is 4.53. The van der Waals surface area contributed by atoms with Gasteiger partial charge in [0, 0.05) is 11.8 Å². The van der Waals surface area contributed by atoms with Crippen LogP contribution >= 0.6 is 0 Å². The van der Waals surface area contributed by atoms with E-state index in [1.54, 1.807) is 12.3 Å². The summed E-state index contributed by atoms with van der Waals surface area (Å²) in [6, 6.07) is 11.5. The Morgan fingerprint density at radius 2 is 1.96 bits per heavy atom. The van der Waals surface area contributed by atoms with Gasteiger partial charge < -0.3 is 19.9 Å². The molecule has 2 aromatic rings. The van der Waals surface area contributed by atoms with Crippen LogP contribution in [0.4, 0.5) is 0 Å². The van der Waals surface area contributed by atoms with E-state index < -0.39 is 0 Å². The number of H-pyrrole nitrogens is 1. The number of benzene rings is 1. The maximum absolute atomic E-state index is 12.6. The number of amides is 1. The number of hydrogen-bond donors (Lipinski definition) is 3. The Morgan fingerprint density at radius 1 is 1.24 bits per heavy atom. The third kappa shape index (κ3) is 4.55. The first-order valence-corrected chi connectivity index (χ1v) is 8.60. The molecule has 1 aromatic heterocycles. The summed E-state index contributed by atoms with van der Waals surface area (Å²) in [6.45, 7) is 5.68. The van der Waals surface area contributed by atoms with E-state index in [-0.39, 0.29) is 17.7 Å². The van der Waals surface area contributed by atoms with Gasteiger partial charge in [-0.2, -0.15) is 0 Å². The Hall–Kier alpha value is -2.44. The highest BCUT2D eigenvalue weighted by Gasteiger charge is 2.24. The summed E-state index contributed by atoms with van der Waals surface area (Å²) in [4.78, 5) is 28.3. The van der Waals surface area contributed by atoms with E-state index in [0.29, 0.717) is 11.3 Å². The normalized spacial score (nSPS) is 16.4. The molecular weight excluding hydrogens is 318 g/mol. The highest BCUT2D eigenvalue weighted by atomic mass is 16.5. The number of morpholine rings is 1. The number of ketones is 1. The average molecular weight is 342 g/mol. The predicted octanol–water partition coefficient (Wildman–Crippen LogP) is 0.604. The number of aromatic nitrogens is 1. The lowest BCUT2D eigenvalue weighted by Crippen LogP contribution is -3.14. The summed E-state index contributed by atoms with van der Waals surface area (Å²) in [5, 5.41) is 3.11. The predicted molar refractivity (Wildman–Crippen MR) is 93.8 cm³/mol. The van der Waals surface area contributed by atoms with Crippen LogP contribution in [-0.2, 0) is 4.74 Å². The van der Waals surface area contributed by atoms with Crippen LogP contribution in [0.15, 0.2) is 42.6 Å². The number of carbonyl (C=O) groups excluding carboxylic acids is 2. The topological polar surface area (TPSA) is 75.6 Å². The lowest BCUT2D eigenvalue weighted by molar-refractivity contribution is -0.909. The van der Waals surface area contributed by atoms with Crippen LogP contribution in [0.25, 0.3) is 0 Å². The molecule has 1 amide bonds. The highest BCUT2D eigenvalue weighted by molar-refractivity contribution is 5.99. The monoisotopic (exact) mass is 342 g/mol. The number of nitrogens with one attached hydrogen (secondary N) is 3. The van der Waals surface area contributed by atoms with Crippen molar-refractivity contribution in [3.63, 3.8) is 0 Å². The van der Waals surface area contributed by atoms with Crippen LogP contribution in [0.3, 0.4) is 0 Å². The number of ether oxygens (including phenoxy) is 1. The molecule has 0 bridgehead atoms. The SMILES string of the molecule is CC(=O)c1c[nH]c(C(=O)N[C@H](C[NH+]2CCOCC2)c2ccccc2)c1. The molecule has 1 aliphatic rings. The smallest absolute Gasteiger partial charge is 0.268 e. The molecule has 2 heterocycles. The summed E-state index contributed by atoms with van der Waals surface area (Å²) in [5.74, 6) is -0.262. The number of quaternary nitrogens is 1. The number of carbonyl (C=O) groups is 2. The van der Waals surface area contributed by atoms with Crippen molar-refractivity contribution in [1.82, 2.24) is 10.3 Å². The average Bonchev–Trinajstić information content (AvgIpc) is 3.13. The zero-order valence-electron chi connectivity index (χ0n) is 14.4. The van der Waals surface area contributed by atoms with Crippen LogP contribution in [-0.4, -0.2) is 49.5 Å². The minimum Gasteiger partial charge on any atom is -0.370 e. The molecule has 0 radical (unpaired) electrons. The van der Waals surface area contributed by atoms with Crippen molar-refractivity contribution in [1.29, 1.82) is 0 Å². The molecule has 1 aromatic carbocycles. The molecule has 132 valence electrons. The van der Waals surface area contributed by atoms with E-state index in [2.05, 4.69) is 10.3 Å². The fraction of sp³-hybridized carbons (Fsp3) is 0.368. The standard InChI is InChI=1S/C19H23N3O3/c1-14(23)16-11-17(20-12-16)19(24)21-18(15-5-3-2-4-6-15)13-22-7-9-25-10-8-22/h2-6,11-12,18,20H,7-10,13H2,1H3,(H,21,24)/p+1/t18-/m1/s1. The maximum Gasteiger partial charge on any atom is 0.268 e. The van der Waals surface area contributed by atoms with Gasteiger partial charge in [0.15, 0.2) is 5.78 Å². The first-order valence-electron chi connectivity index (χ1n) is 8.60. The largest absolute Gasteiger partial charge is 0.370 e. The Morgan fingerprint density at radius 3 is 2.60 bits per heavy atom. The molecule has 3 N–H and O–H groups in total. The number of Topliss-reactive ketones (excluding diaryl/α,β-unsaturated/α-hetero) is 1. The Balaban J connectivity index is 1.73. The second-order valence-corrected chi connectivity index (χ2v) is 6.36. The van der Waals surface area contributed by atoms with Gasteiger partial charge in [-0.05, 0) is 18.6 Å². The van der Waals surface area contributed by atoms with Gasteiger partial charge in [0.1, 0.15) is 31.4 Å². The number of rotatable bonds is 6. The minimum atomic E-state index is -0.200. The van der Waals surface area contributed by atoms with Crippen molar-refractivity contribution in [3.05, 3.63) is 59.4 Å². The van der Waals surface area contributed by atoms with Gasteiger partial charge in [-0.3, -0.25) is 9.59 Å². The molecule has 6 nitrogen and oxygen atoms in total. The molecule has 1 saturated heterocycles. The summed E-state index contributed by atoms with van der Waals surface area (Å²) >= 11 is 0. The van der Waals surface area contributed by atoms with Crippen molar-refractivity contribution < 1.29 is 19.2 Å². The first-order chi connectivity index (χ1) is 12.1. The van der Waals surface area contributed by atoms with Crippen LogP contribution in [0.1, 0.15) is 39.4 Å². The van der Waals surface area contributed by atoms with Crippen molar-refractivity contribution in [2.45, 2.75) is 13.0 Å². The summed E-state index contributed by atoms with van der Waals surface area (Å²) in [5.41, 5.74) is 2.00. The zero-order valence-corrected chi connectivity index (χ0v) is 14.4. The van der Waals surface area contributed by atoms with Crippen molar-refractivity contribution in [2.75, 3.05) is 32.8 Å². The molecular formula is C19H24N3O3+. The van der Waals surface area contributed by atoms with E-state index in [1.165, 1.54) is 11.8 Å². The van der Waals surface area contributed by atoms with Crippen LogP contribution < -0.4 is 10.2 Å². The van der Waals surface area contributed by atoms with Gasteiger partial charge in [-0.25, -0.2) is 0 Å². The summed E-state index contributed by atoms with van der Waals surface area (Å²) in [7, 11) is 0. The summed E-state index contributed by atoms with van der Waals surface area (Å²) < 4.78 is 5.42. The quantitative estimate of drug-likeness (QED) is 0.673. The Kier molecular flexibility index (Phi) is 5.63. The van der Waals surface area contributed by atoms with Gasteiger partial charge in [0.25, 0.3) is 5.91 Å². The van der Waals surface area contributed by atoms with E-state index >= 15 is 0 Å². The molecule has 1 aliphatic heterocycles. The van der Waals surface area contributed by atoms with Crippen LogP contribution in [0.5, 0.6) is 0 Å². The van der Waals surface area contributed by atoms with Gasteiger partial charge in [0.2, 0.25) is 0 Å². The maximum atomic E-state index is 12.6. The first kappa shape index (κ1) is 17.4. The second kappa shape index (κ2) is 8.09. The highest BCUT2D eigenvalue weighted by Crippen LogP contribution is 2.13. The fourth-order valence-corrected chi connectivity index (χ4v) is 3.06. The number of hydrogen-bond acceptors (Lipinski definition) is 3. The Labute approximate surface area is 147 Å². The summed E-state index contributed by atoms with van der Waals surface area (Å²) in [6.07, 6.45) is 1.57. The van der Waals surface area contributed by atoms with Crippen molar-refractivity contribution in [3.8, 4) is 0 Å². The molecule has 0 spiro atoms. The molecule has 0 unspecified atom stereocenters. The number of aromatic amines is 1. The van der Waals surface area contributed by atoms with E-state index in [1.807, 2.05) is 30.3 Å². The third-order valence-corrected chi connectivity index (χ3v) is 4.53. The molecule has 1 fully saturated rings. The van der Waals surface area contributed by atoms with Gasteiger partial charge in [0.05, 0.1) is 13.2 Å². The zero-order chi connectivity index (χ0) is 17.6.